The summed E-state index contributed by atoms with van der Waals surface area (Å²) in [5.74, 6) is 1.70. The zero-order valence-electron chi connectivity index (χ0n) is 14.6. The maximum absolute atomic E-state index is 12.1. The highest BCUT2D eigenvalue weighted by atomic mass is 16.2. The van der Waals surface area contributed by atoms with Crippen LogP contribution in [0.25, 0.3) is 0 Å². The molecule has 0 unspecified atom stereocenters. The number of anilines is 2. The molecule has 1 fully saturated rings. The predicted octanol–water partition coefficient (Wildman–Crippen LogP) is 0.592. The number of rotatable bonds is 5. The normalized spacial score (nSPS) is 15.0. The van der Waals surface area contributed by atoms with Gasteiger partial charge in [-0.05, 0) is 18.8 Å². The summed E-state index contributed by atoms with van der Waals surface area (Å²) < 4.78 is 1.28. The molecule has 0 saturated carbocycles. The Hall–Kier alpha value is -2.97. The topological polar surface area (TPSA) is 113 Å². The molecule has 138 valence electrons. The van der Waals surface area contributed by atoms with Crippen LogP contribution in [0.2, 0.25) is 0 Å². The highest BCUT2D eigenvalue weighted by Crippen LogP contribution is 2.22. The lowest BCUT2D eigenvalue weighted by Gasteiger charge is -2.31. The van der Waals surface area contributed by atoms with Crippen LogP contribution in [-0.4, -0.2) is 38.5 Å². The minimum absolute atomic E-state index is 0.0898. The van der Waals surface area contributed by atoms with Gasteiger partial charge < -0.3 is 14.8 Å². The molecule has 1 amide bonds. The van der Waals surface area contributed by atoms with Crippen molar-refractivity contribution in [3.8, 4) is 0 Å². The van der Waals surface area contributed by atoms with Crippen LogP contribution in [-0.2, 0) is 11.3 Å². The maximum atomic E-state index is 12.1. The molecule has 0 radical (unpaired) electrons. The van der Waals surface area contributed by atoms with Crippen molar-refractivity contribution in [3.63, 3.8) is 0 Å². The number of carbonyl (C=O) groups excluding carboxylic acids is 1. The second kappa shape index (κ2) is 7.94. The second-order valence-corrected chi connectivity index (χ2v) is 6.53. The smallest absolute Gasteiger partial charge is 0.328 e. The summed E-state index contributed by atoms with van der Waals surface area (Å²) >= 11 is 0. The first-order chi connectivity index (χ1) is 12.5. The van der Waals surface area contributed by atoms with Crippen LogP contribution in [0.15, 0.2) is 34.2 Å². The van der Waals surface area contributed by atoms with Crippen LogP contribution in [0, 0.1) is 5.92 Å². The number of hydrogen-bond donors (Lipinski definition) is 2. The molecular formula is C17H22N6O3. The van der Waals surface area contributed by atoms with Gasteiger partial charge in [0.15, 0.2) is 0 Å². The molecule has 0 bridgehead atoms. The number of nitrogens with one attached hydrogen (secondary N) is 2. The van der Waals surface area contributed by atoms with Gasteiger partial charge in [0, 0.05) is 44.4 Å². The van der Waals surface area contributed by atoms with Crippen molar-refractivity contribution in [2.24, 2.45) is 5.92 Å². The Kier molecular flexibility index (Phi) is 5.45. The van der Waals surface area contributed by atoms with E-state index in [-0.39, 0.29) is 18.9 Å². The highest BCUT2D eigenvalue weighted by molar-refractivity contribution is 5.89. The molecule has 3 rings (SSSR count). The molecule has 0 spiro atoms. The largest absolute Gasteiger partial charge is 0.356 e. The standard InChI is InChI=1S/C17H22N6O3/c1-12-2-6-22(7-3-12)14-10-13(18-11-19-14)20-15(24)4-8-23-9-5-16(25)21-17(23)26/h5,9-12H,2-4,6-8H2,1H3,(H,21,25,26)(H,18,19,20,24). The van der Waals surface area contributed by atoms with Gasteiger partial charge in [-0.15, -0.1) is 0 Å². The number of amides is 1. The van der Waals surface area contributed by atoms with Crippen molar-refractivity contribution in [1.29, 1.82) is 0 Å². The van der Waals surface area contributed by atoms with E-state index < -0.39 is 11.2 Å². The highest BCUT2D eigenvalue weighted by Gasteiger charge is 2.17. The van der Waals surface area contributed by atoms with Crippen LogP contribution in [0.3, 0.4) is 0 Å². The number of aryl methyl sites for hydroxylation is 1. The molecule has 1 aliphatic rings. The van der Waals surface area contributed by atoms with Crippen LogP contribution in [0.5, 0.6) is 0 Å². The second-order valence-electron chi connectivity index (χ2n) is 6.53. The Morgan fingerprint density at radius 2 is 2.08 bits per heavy atom. The van der Waals surface area contributed by atoms with Gasteiger partial charge in [0.2, 0.25) is 5.91 Å². The number of aromatic nitrogens is 4. The lowest BCUT2D eigenvalue weighted by Crippen LogP contribution is -2.33. The Balaban J connectivity index is 1.58. The van der Waals surface area contributed by atoms with Gasteiger partial charge in [-0.3, -0.25) is 14.6 Å². The quantitative estimate of drug-likeness (QED) is 0.809. The first kappa shape index (κ1) is 17.8. The van der Waals surface area contributed by atoms with Gasteiger partial charge >= 0.3 is 5.69 Å². The van der Waals surface area contributed by atoms with Gasteiger partial charge in [0.1, 0.15) is 18.0 Å². The van der Waals surface area contributed by atoms with E-state index in [1.165, 1.54) is 23.2 Å². The molecule has 9 heteroatoms. The molecule has 0 aliphatic carbocycles. The summed E-state index contributed by atoms with van der Waals surface area (Å²) in [4.78, 5) is 47.5. The zero-order chi connectivity index (χ0) is 18.5. The molecule has 26 heavy (non-hydrogen) atoms. The number of nitrogens with zero attached hydrogens (tertiary/aromatic N) is 4. The van der Waals surface area contributed by atoms with Gasteiger partial charge in [0.05, 0.1) is 0 Å². The number of piperidine rings is 1. The molecule has 2 N–H and O–H groups in total. The minimum atomic E-state index is -0.533. The van der Waals surface area contributed by atoms with E-state index in [2.05, 4.69) is 32.1 Å². The number of hydrogen-bond acceptors (Lipinski definition) is 6. The predicted molar refractivity (Wildman–Crippen MR) is 97.2 cm³/mol. The van der Waals surface area contributed by atoms with Crippen molar-refractivity contribution in [2.75, 3.05) is 23.3 Å². The number of aromatic amines is 1. The Morgan fingerprint density at radius 3 is 2.81 bits per heavy atom. The average molecular weight is 358 g/mol. The molecule has 1 aliphatic heterocycles. The van der Waals surface area contributed by atoms with Crippen molar-refractivity contribution < 1.29 is 4.79 Å². The number of H-pyrrole nitrogens is 1. The maximum Gasteiger partial charge on any atom is 0.328 e. The third-order valence-corrected chi connectivity index (χ3v) is 4.50. The average Bonchev–Trinajstić information content (AvgIpc) is 2.62. The van der Waals surface area contributed by atoms with E-state index in [9.17, 15) is 14.4 Å². The fourth-order valence-electron chi connectivity index (χ4n) is 2.87. The molecule has 2 aromatic heterocycles. The van der Waals surface area contributed by atoms with E-state index in [4.69, 9.17) is 0 Å². The van der Waals surface area contributed by atoms with Crippen LogP contribution in [0.4, 0.5) is 11.6 Å². The molecule has 3 heterocycles. The SMILES string of the molecule is CC1CCN(c2cc(NC(=O)CCn3ccc(=O)[nH]c3=O)ncn2)CC1. The lowest BCUT2D eigenvalue weighted by atomic mass is 9.99. The number of carbonyl (C=O) groups is 1. The van der Waals surface area contributed by atoms with E-state index >= 15 is 0 Å². The minimum Gasteiger partial charge on any atom is -0.356 e. The van der Waals surface area contributed by atoms with Crippen molar-refractivity contribution in [1.82, 2.24) is 19.5 Å². The van der Waals surface area contributed by atoms with Crippen LogP contribution >= 0.6 is 0 Å². The third-order valence-electron chi connectivity index (χ3n) is 4.50. The van der Waals surface area contributed by atoms with Crippen molar-refractivity contribution in [3.05, 3.63) is 45.5 Å². The summed E-state index contributed by atoms with van der Waals surface area (Å²) in [5.41, 5.74) is -0.995. The third kappa shape index (κ3) is 4.56. The molecule has 1 saturated heterocycles. The summed E-state index contributed by atoms with van der Waals surface area (Å²) in [5, 5.41) is 2.73. The summed E-state index contributed by atoms with van der Waals surface area (Å²) in [7, 11) is 0. The Morgan fingerprint density at radius 1 is 1.31 bits per heavy atom. The lowest BCUT2D eigenvalue weighted by molar-refractivity contribution is -0.116. The molecule has 9 nitrogen and oxygen atoms in total. The van der Waals surface area contributed by atoms with Gasteiger partial charge in [0.25, 0.3) is 5.56 Å². The fraction of sp³-hybridized carbons (Fsp3) is 0.471. The van der Waals surface area contributed by atoms with Gasteiger partial charge in [-0.2, -0.15) is 0 Å². The van der Waals surface area contributed by atoms with E-state index in [0.29, 0.717) is 5.82 Å². The first-order valence-electron chi connectivity index (χ1n) is 8.68. The summed E-state index contributed by atoms with van der Waals surface area (Å²) in [6, 6.07) is 3.01. The molecule has 0 atom stereocenters. The zero-order valence-corrected chi connectivity index (χ0v) is 14.6. The van der Waals surface area contributed by atoms with E-state index in [1.807, 2.05) is 0 Å². The van der Waals surface area contributed by atoms with Gasteiger partial charge in [-0.25, -0.2) is 14.8 Å². The van der Waals surface area contributed by atoms with Crippen LogP contribution in [0.1, 0.15) is 26.2 Å². The summed E-state index contributed by atoms with van der Waals surface area (Å²) in [6.45, 7) is 4.31. The first-order valence-corrected chi connectivity index (χ1v) is 8.68. The van der Waals surface area contributed by atoms with E-state index in [0.717, 1.165) is 37.7 Å². The Labute approximate surface area is 150 Å². The molecule has 0 aromatic carbocycles. The monoisotopic (exact) mass is 358 g/mol. The van der Waals surface area contributed by atoms with Crippen molar-refractivity contribution >= 4 is 17.5 Å². The van der Waals surface area contributed by atoms with Crippen LogP contribution < -0.4 is 21.5 Å². The summed E-state index contributed by atoms with van der Waals surface area (Å²) in [6.07, 6.45) is 5.15. The van der Waals surface area contributed by atoms with Gasteiger partial charge in [-0.1, -0.05) is 6.92 Å². The molecule has 2 aromatic rings. The Bertz CT molecular complexity index is 882. The fourth-order valence-corrected chi connectivity index (χ4v) is 2.87. The van der Waals surface area contributed by atoms with E-state index in [1.54, 1.807) is 6.07 Å². The van der Waals surface area contributed by atoms with Crippen molar-refractivity contribution in [2.45, 2.75) is 32.7 Å². The molecular weight excluding hydrogens is 336 g/mol.